The minimum atomic E-state index is -3.21. The maximum absolute atomic E-state index is 11.9. The number of fused-ring (bicyclic) bond motifs is 1. The minimum absolute atomic E-state index is 0.386. The van der Waals surface area contributed by atoms with Gasteiger partial charge in [0.25, 0.3) is 0 Å². The highest BCUT2D eigenvalue weighted by Gasteiger charge is 2.27. The van der Waals surface area contributed by atoms with Gasteiger partial charge < -0.3 is 5.32 Å². The molecule has 0 amide bonds. The van der Waals surface area contributed by atoms with Crippen LogP contribution in [0.5, 0.6) is 0 Å². The lowest BCUT2D eigenvalue weighted by atomic mass is 10.2. The summed E-state index contributed by atoms with van der Waals surface area (Å²) >= 11 is 0. The summed E-state index contributed by atoms with van der Waals surface area (Å²) in [5.41, 5.74) is 0.790. The van der Waals surface area contributed by atoms with Crippen molar-refractivity contribution in [2.75, 3.05) is 13.6 Å². The van der Waals surface area contributed by atoms with Gasteiger partial charge in [0.2, 0.25) is 9.84 Å². The fourth-order valence-electron chi connectivity index (χ4n) is 1.56. The Kier molecular flexibility index (Phi) is 2.17. The Balaban J connectivity index is 2.57. The van der Waals surface area contributed by atoms with Crippen LogP contribution < -0.4 is 5.32 Å². The zero-order valence-corrected chi connectivity index (χ0v) is 8.64. The lowest BCUT2D eigenvalue weighted by Gasteiger charge is -2.01. The predicted octanol–water partition coefficient (Wildman–Crippen LogP) is 1.03. The van der Waals surface area contributed by atoms with Crippen LogP contribution in [0.4, 0.5) is 0 Å². The molecule has 0 fully saturated rings. The highest BCUT2D eigenvalue weighted by Crippen LogP contribution is 2.31. The van der Waals surface area contributed by atoms with E-state index in [4.69, 9.17) is 0 Å². The maximum atomic E-state index is 11.9. The number of hydrogen-bond acceptors (Lipinski definition) is 3. The molecular weight excluding hydrogens is 198 g/mol. The fraction of sp³-hybridized carbons (Fsp3) is 0.200. The Morgan fingerprint density at radius 1 is 1.29 bits per heavy atom. The number of sulfone groups is 1. The number of benzene rings is 1. The maximum Gasteiger partial charge on any atom is 0.204 e. The predicted molar refractivity (Wildman–Crippen MR) is 55.5 cm³/mol. The molecule has 0 aliphatic carbocycles. The molecule has 1 heterocycles. The molecule has 0 spiro atoms. The van der Waals surface area contributed by atoms with E-state index in [1.165, 1.54) is 0 Å². The second-order valence-electron chi connectivity index (χ2n) is 3.18. The van der Waals surface area contributed by atoms with Crippen molar-refractivity contribution < 1.29 is 8.42 Å². The van der Waals surface area contributed by atoms with Crippen molar-refractivity contribution in [2.45, 2.75) is 4.90 Å². The third kappa shape index (κ3) is 1.27. The molecule has 0 unspecified atom stereocenters. The smallest absolute Gasteiger partial charge is 0.204 e. The van der Waals surface area contributed by atoms with E-state index in [1.807, 2.05) is 12.1 Å². The third-order valence-corrected chi connectivity index (χ3v) is 4.12. The molecule has 14 heavy (non-hydrogen) atoms. The van der Waals surface area contributed by atoms with Crippen LogP contribution in [0.2, 0.25) is 0 Å². The van der Waals surface area contributed by atoms with Crippen molar-refractivity contribution in [3.63, 3.8) is 0 Å². The summed E-state index contributed by atoms with van der Waals surface area (Å²) in [5.74, 6) is 0. The molecule has 0 saturated carbocycles. The van der Waals surface area contributed by atoms with Crippen LogP contribution in [-0.4, -0.2) is 22.0 Å². The Morgan fingerprint density at radius 2 is 2.00 bits per heavy atom. The molecule has 74 valence electrons. The molecule has 3 nitrogen and oxygen atoms in total. The molecule has 2 rings (SSSR count). The normalized spacial score (nSPS) is 17.6. The fourth-order valence-corrected chi connectivity index (χ4v) is 3.15. The number of rotatable bonds is 2. The van der Waals surface area contributed by atoms with Gasteiger partial charge in [-0.15, -0.1) is 0 Å². The summed E-state index contributed by atoms with van der Waals surface area (Å²) in [7, 11) is -1.47. The second kappa shape index (κ2) is 3.22. The zero-order valence-electron chi connectivity index (χ0n) is 7.82. The van der Waals surface area contributed by atoms with Gasteiger partial charge in [-0.1, -0.05) is 18.2 Å². The van der Waals surface area contributed by atoms with Crippen LogP contribution >= 0.6 is 0 Å². The van der Waals surface area contributed by atoms with Gasteiger partial charge in [-0.3, -0.25) is 0 Å². The van der Waals surface area contributed by atoms with Crippen LogP contribution in [0, 0.1) is 0 Å². The molecule has 1 aromatic rings. The van der Waals surface area contributed by atoms with Crippen molar-refractivity contribution in [3.8, 4) is 0 Å². The molecule has 0 bridgehead atoms. The molecule has 0 radical (unpaired) electrons. The van der Waals surface area contributed by atoms with Gasteiger partial charge in [0.05, 0.1) is 9.80 Å². The second-order valence-corrected chi connectivity index (χ2v) is 5.15. The van der Waals surface area contributed by atoms with Crippen LogP contribution in [-0.2, 0) is 9.84 Å². The lowest BCUT2D eigenvalue weighted by molar-refractivity contribution is 0.601. The standard InChI is InChI=1S/C10H11NO2S/c1-11-7-9-6-8-4-2-3-5-10(8)14(9,12)13/h2-6,11H,7H2,1H3. The van der Waals surface area contributed by atoms with Crippen LogP contribution in [0.1, 0.15) is 5.56 Å². The van der Waals surface area contributed by atoms with Crippen molar-refractivity contribution in [1.82, 2.24) is 5.32 Å². The monoisotopic (exact) mass is 209 g/mol. The van der Waals surface area contributed by atoms with Gasteiger partial charge in [0.1, 0.15) is 0 Å². The number of hydrogen-bond donors (Lipinski definition) is 1. The van der Waals surface area contributed by atoms with E-state index in [1.54, 1.807) is 25.3 Å². The van der Waals surface area contributed by atoms with E-state index < -0.39 is 9.84 Å². The average molecular weight is 209 g/mol. The van der Waals surface area contributed by atoms with E-state index >= 15 is 0 Å². The van der Waals surface area contributed by atoms with Crippen molar-refractivity contribution in [2.24, 2.45) is 0 Å². The van der Waals surface area contributed by atoms with Gasteiger partial charge in [-0.05, 0) is 24.8 Å². The Morgan fingerprint density at radius 3 is 2.64 bits per heavy atom. The van der Waals surface area contributed by atoms with E-state index in [-0.39, 0.29) is 0 Å². The van der Waals surface area contributed by atoms with Crippen LogP contribution in [0.25, 0.3) is 6.08 Å². The summed E-state index contributed by atoms with van der Waals surface area (Å²) in [6.45, 7) is 0.386. The van der Waals surface area contributed by atoms with Crippen LogP contribution in [0.3, 0.4) is 0 Å². The molecular formula is C10H11NO2S. The van der Waals surface area contributed by atoms with Gasteiger partial charge >= 0.3 is 0 Å². The summed E-state index contributed by atoms with van der Waals surface area (Å²) in [6, 6.07) is 7.04. The highest BCUT2D eigenvalue weighted by atomic mass is 32.2. The van der Waals surface area contributed by atoms with E-state index in [9.17, 15) is 8.42 Å². The molecule has 1 N–H and O–H groups in total. The van der Waals surface area contributed by atoms with E-state index in [0.717, 1.165) is 5.56 Å². The molecule has 0 saturated heterocycles. The minimum Gasteiger partial charge on any atom is -0.315 e. The molecule has 1 aliphatic rings. The summed E-state index contributed by atoms with van der Waals surface area (Å²) in [5, 5.41) is 2.85. The molecule has 0 aromatic heterocycles. The third-order valence-electron chi connectivity index (χ3n) is 2.22. The molecule has 4 heteroatoms. The summed E-state index contributed by atoms with van der Waals surface area (Å²) in [4.78, 5) is 0.867. The first-order valence-electron chi connectivity index (χ1n) is 4.35. The van der Waals surface area contributed by atoms with Crippen LogP contribution in [0.15, 0.2) is 34.1 Å². The zero-order chi connectivity index (χ0) is 10.2. The van der Waals surface area contributed by atoms with Crippen molar-refractivity contribution >= 4 is 15.9 Å². The summed E-state index contributed by atoms with van der Waals surface area (Å²) < 4.78 is 23.7. The first kappa shape index (κ1) is 9.43. The van der Waals surface area contributed by atoms with Crippen molar-refractivity contribution in [1.29, 1.82) is 0 Å². The first-order chi connectivity index (χ1) is 6.66. The van der Waals surface area contributed by atoms with E-state index in [2.05, 4.69) is 5.32 Å². The lowest BCUT2D eigenvalue weighted by Crippen LogP contribution is -2.14. The molecule has 1 aliphatic heterocycles. The van der Waals surface area contributed by atoms with Gasteiger partial charge in [-0.2, -0.15) is 0 Å². The number of nitrogens with one attached hydrogen (secondary N) is 1. The number of likely N-dealkylation sites (N-methyl/N-ethyl adjacent to an activating group) is 1. The van der Waals surface area contributed by atoms with Crippen molar-refractivity contribution in [3.05, 3.63) is 34.7 Å². The Hall–Kier alpha value is -1.13. The molecule has 0 atom stereocenters. The topological polar surface area (TPSA) is 46.2 Å². The van der Waals surface area contributed by atoms with Gasteiger partial charge in [0, 0.05) is 6.54 Å². The van der Waals surface area contributed by atoms with E-state index in [0.29, 0.717) is 16.3 Å². The SMILES string of the molecule is CNCC1=Cc2ccccc2S1(=O)=O. The Labute approximate surface area is 83.4 Å². The largest absolute Gasteiger partial charge is 0.315 e. The summed E-state index contributed by atoms with van der Waals surface area (Å²) in [6.07, 6.45) is 1.72. The Bertz CT molecular complexity index is 489. The quantitative estimate of drug-likeness (QED) is 0.791. The highest BCUT2D eigenvalue weighted by molar-refractivity contribution is 7.95. The average Bonchev–Trinajstić information content (AvgIpc) is 2.41. The van der Waals surface area contributed by atoms with Gasteiger partial charge in [0.15, 0.2) is 0 Å². The first-order valence-corrected chi connectivity index (χ1v) is 5.84. The molecule has 1 aromatic carbocycles. The van der Waals surface area contributed by atoms with Gasteiger partial charge in [-0.25, -0.2) is 8.42 Å².